The third-order valence-corrected chi connectivity index (χ3v) is 11.6. The summed E-state index contributed by atoms with van der Waals surface area (Å²) in [5, 5.41) is 0. The first-order valence-electron chi connectivity index (χ1n) is 21.4. The molecule has 0 heterocycles. The number of hydrogen-bond donors (Lipinski definition) is 4. The van der Waals surface area contributed by atoms with E-state index in [0.717, 1.165) is 25.7 Å². The second-order valence-electron chi connectivity index (χ2n) is 15.7. The van der Waals surface area contributed by atoms with Crippen LogP contribution in [0.15, 0.2) is 0 Å². The third kappa shape index (κ3) is 33.0. The SMILES string of the molecule is CCCCCCCCCCCCCCCCCCC(OP(O)O)C(C)(C)C(CCCCCCCCCCCCCCCCCC)OP(O)O. The van der Waals surface area contributed by atoms with Gasteiger partial charge in [-0.1, -0.05) is 233 Å². The van der Waals surface area contributed by atoms with Crippen molar-refractivity contribution in [1.82, 2.24) is 0 Å². The lowest BCUT2D eigenvalue weighted by Crippen LogP contribution is -2.42. The van der Waals surface area contributed by atoms with Crippen LogP contribution >= 0.6 is 17.2 Å². The van der Waals surface area contributed by atoms with Crippen molar-refractivity contribution in [2.24, 2.45) is 5.41 Å². The van der Waals surface area contributed by atoms with Gasteiger partial charge in [-0.05, 0) is 12.8 Å². The lowest BCUT2D eigenvalue weighted by molar-refractivity contribution is -0.0386. The van der Waals surface area contributed by atoms with Crippen LogP contribution < -0.4 is 0 Å². The maximum Gasteiger partial charge on any atom is 0.327 e. The van der Waals surface area contributed by atoms with Gasteiger partial charge in [0.15, 0.2) is 0 Å². The van der Waals surface area contributed by atoms with Crippen molar-refractivity contribution in [1.29, 1.82) is 0 Å². The van der Waals surface area contributed by atoms with Crippen LogP contribution in [0.2, 0.25) is 0 Å². The minimum atomic E-state index is -2.50. The van der Waals surface area contributed by atoms with E-state index in [0.29, 0.717) is 12.8 Å². The predicted octanol–water partition coefficient (Wildman–Crippen LogP) is 14.5. The van der Waals surface area contributed by atoms with Crippen molar-refractivity contribution >= 4 is 17.2 Å². The molecule has 8 heteroatoms. The van der Waals surface area contributed by atoms with Crippen molar-refractivity contribution < 1.29 is 28.6 Å². The molecule has 0 fully saturated rings. The van der Waals surface area contributed by atoms with E-state index >= 15 is 0 Å². The highest BCUT2D eigenvalue weighted by Crippen LogP contribution is 2.45. The van der Waals surface area contributed by atoms with Gasteiger partial charge in [-0.15, -0.1) is 0 Å². The monoisotopic (exact) mass is 737 g/mol. The Morgan fingerprint density at radius 3 is 0.714 bits per heavy atom. The van der Waals surface area contributed by atoms with Gasteiger partial charge < -0.3 is 28.6 Å². The molecule has 0 spiro atoms. The zero-order valence-corrected chi connectivity index (χ0v) is 35.0. The molecule has 4 N–H and O–H groups in total. The summed E-state index contributed by atoms with van der Waals surface area (Å²) in [4.78, 5) is 39.1. The van der Waals surface area contributed by atoms with E-state index in [4.69, 9.17) is 9.05 Å². The lowest BCUT2D eigenvalue weighted by atomic mass is 9.77. The summed E-state index contributed by atoms with van der Waals surface area (Å²) < 4.78 is 11.3. The van der Waals surface area contributed by atoms with Crippen LogP contribution in [0, 0.1) is 5.41 Å². The first-order valence-corrected chi connectivity index (χ1v) is 23.8. The molecule has 0 aromatic carbocycles. The Bertz CT molecular complexity index is 599. The van der Waals surface area contributed by atoms with Gasteiger partial charge in [-0.25, -0.2) is 0 Å². The second kappa shape index (κ2) is 37.0. The van der Waals surface area contributed by atoms with E-state index < -0.39 is 34.8 Å². The molecule has 0 radical (unpaired) electrons. The van der Waals surface area contributed by atoms with E-state index in [-0.39, 0.29) is 0 Å². The summed E-state index contributed by atoms with van der Waals surface area (Å²) in [5.41, 5.74) is -0.580. The maximum absolute atomic E-state index is 9.77. The molecule has 0 rings (SSSR count). The maximum atomic E-state index is 9.77. The predicted molar refractivity (Wildman–Crippen MR) is 215 cm³/mol. The number of unbranched alkanes of at least 4 members (excludes halogenated alkanes) is 30. The Labute approximate surface area is 308 Å². The van der Waals surface area contributed by atoms with Crippen LogP contribution in [-0.4, -0.2) is 31.8 Å². The summed E-state index contributed by atoms with van der Waals surface area (Å²) in [5.74, 6) is 0. The molecule has 6 nitrogen and oxygen atoms in total. The molecular weight excluding hydrogens is 650 g/mol. The van der Waals surface area contributed by atoms with Gasteiger partial charge in [-0.2, -0.15) is 0 Å². The van der Waals surface area contributed by atoms with Gasteiger partial charge in [0.2, 0.25) is 0 Å². The van der Waals surface area contributed by atoms with Crippen molar-refractivity contribution in [3.63, 3.8) is 0 Å². The topological polar surface area (TPSA) is 99.4 Å². The lowest BCUT2D eigenvalue weighted by Gasteiger charge is -2.40. The molecule has 2 unspecified atom stereocenters. The molecule has 0 saturated heterocycles. The molecule has 0 amide bonds. The smallest absolute Gasteiger partial charge is 0.327 e. The Morgan fingerprint density at radius 1 is 0.347 bits per heavy atom. The van der Waals surface area contributed by atoms with E-state index in [1.807, 2.05) is 13.8 Å². The van der Waals surface area contributed by atoms with Crippen LogP contribution in [-0.2, 0) is 9.05 Å². The molecule has 0 aromatic heterocycles. The quantitative estimate of drug-likeness (QED) is 0.0369. The van der Waals surface area contributed by atoms with Gasteiger partial charge in [0.05, 0.1) is 12.2 Å². The fourth-order valence-electron chi connectivity index (χ4n) is 7.31. The number of rotatable bonds is 40. The molecule has 0 saturated carbocycles. The molecule has 0 aliphatic carbocycles. The Morgan fingerprint density at radius 2 is 0.531 bits per heavy atom. The average Bonchev–Trinajstić information content (AvgIpc) is 3.06. The zero-order valence-electron chi connectivity index (χ0n) is 33.2. The summed E-state index contributed by atoms with van der Waals surface area (Å²) in [7, 11) is -5.01. The van der Waals surface area contributed by atoms with Crippen molar-refractivity contribution in [2.45, 2.75) is 258 Å². The first kappa shape index (κ1) is 49.6. The van der Waals surface area contributed by atoms with Crippen LogP contribution in [0.3, 0.4) is 0 Å². The Balaban J connectivity index is 4.18. The van der Waals surface area contributed by atoms with E-state index in [1.165, 1.54) is 180 Å². The molecule has 0 aromatic rings. The molecule has 0 aliphatic rings. The highest BCUT2D eigenvalue weighted by atomic mass is 31.2. The molecule has 49 heavy (non-hydrogen) atoms. The number of hydrogen-bond acceptors (Lipinski definition) is 6. The van der Waals surface area contributed by atoms with Crippen molar-refractivity contribution in [2.75, 3.05) is 0 Å². The van der Waals surface area contributed by atoms with Gasteiger partial charge in [0.1, 0.15) is 0 Å². The standard InChI is InChI=1S/C41H86O6P2/c1-5-7-9-11-13-15-17-19-21-23-25-27-29-31-33-35-37-39(46-48(42)43)41(3,4)40(47-49(44)45)38-36-34-32-30-28-26-24-22-20-18-16-14-12-10-8-6-2/h39-40,42-45H,5-38H2,1-4H3. The summed E-state index contributed by atoms with van der Waals surface area (Å²) in [6.45, 7) is 8.58. The normalized spacial score (nSPS) is 13.6. The Hall–Kier alpha value is 0.620. The van der Waals surface area contributed by atoms with Gasteiger partial charge in [-0.3, -0.25) is 0 Å². The molecule has 0 aliphatic heterocycles. The van der Waals surface area contributed by atoms with Crippen molar-refractivity contribution in [3.8, 4) is 0 Å². The fourth-order valence-corrected chi connectivity index (χ4v) is 8.52. The zero-order chi connectivity index (χ0) is 36.3. The minimum absolute atomic E-state index is 0.415. The van der Waals surface area contributed by atoms with Crippen LogP contribution in [0.5, 0.6) is 0 Å². The fraction of sp³-hybridized carbons (Fsp3) is 1.00. The molecule has 2 atom stereocenters. The summed E-state index contributed by atoms with van der Waals surface area (Å²) in [6, 6.07) is 0. The highest BCUT2D eigenvalue weighted by molar-refractivity contribution is 7.39. The van der Waals surface area contributed by atoms with Crippen molar-refractivity contribution in [3.05, 3.63) is 0 Å². The Kier molecular flexibility index (Phi) is 37.4. The third-order valence-electron chi connectivity index (χ3n) is 10.7. The van der Waals surface area contributed by atoms with E-state index in [1.54, 1.807) is 0 Å². The highest BCUT2D eigenvalue weighted by Gasteiger charge is 2.41. The summed E-state index contributed by atoms with van der Waals surface area (Å²) in [6.07, 6.45) is 42.6. The largest absolute Gasteiger partial charge is 0.328 e. The van der Waals surface area contributed by atoms with E-state index in [2.05, 4.69) is 13.8 Å². The van der Waals surface area contributed by atoms with Gasteiger partial charge in [0.25, 0.3) is 0 Å². The molecule has 296 valence electrons. The average molecular weight is 737 g/mol. The van der Waals surface area contributed by atoms with Gasteiger partial charge in [0, 0.05) is 5.41 Å². The van der Waals surface area contributed by atoms with E-state index in [9.17, 15) is 19.6 Å². The first-order chi connectivity index (χ1) is 23.8. The van der Waals surface area contributed by atoms with Crippen LogP contribution in [0.1, 0.15) is 246 Å². The summed E-state index contributed by atoms with van der Waals surface area (Å²) >= 11 is 0. The molecular formula is C41H86O6P2. The molecule has 0 bridgehead atoms. The second-order valence-corrected chi connectivity index (χ2v) is 17.1. The van der Waals surface area contributed by atoms with Gasteiger partial charge >= 0.3 is 17.2 Å². The van der Waals surface area contributed by atoms with Crippen LogP contribution in [0.25, 0.3) is 0 Å². The minimum Gasteiger partial charge on any atom is -0.328 e. The van der Waals surface area contributed by atoms with Crippen LogP contribution in [0.4, 0.5) is 0 Å².